The predicted octanol–water partition coefficient (Wildman–Crippen LogP) is 4.01. The molecule has 1 saturated carbocycles. The Bertz CT molecular complexity index is 853. The van der Waals surface area contributed by atoms with Crippen molar-refractivity contribution in [3.63, 3.8) is 0 Å². The molecule has 2 aromatic carbocycles. The smallest absolute Gasteiger partial charge is 0.162 e. The van der Waals surface area contributed by atoms with Gasteiger partial charge in [0.15, 0.2) is 5.60 Å². The molecule has 0 radical (unpaired) electrons. The van der Waals surface area contributed by atoms with Gasteiger partial charge in [-0.3, -0.25) is 10.3 Å². The highest BCUT2D eigenvalue weighted by atomic mass is 35.5. The summed E-state index contributed by atoms with van der Waals surface area (Å²) in [6.07, 6.45) is 1.63. The largest absolute Gasteiger partial charge is 0.477 e. The Hall–Kier alpha value is -2.08. The number of halogens is 2. The summed E-state index contributed by atoms with van der Waals surface area (Å²) in [6, 6.07) is 12.0. The molecule has 1 heterocycles. The lowest BCUT2D eigenvalue weighted by molar-refractivity contribution is 0.0748. The first-order chi connectivity index (χ1) is 12.6. The number of ether oxygens (including phenoxy) is 1. The number of fused-ring (bicyclic) bond motifs is 2. The summed E-state index contributed by atoms with van der Waals surface area (Å²) in [4.78, 5) is 5.66. The van der Waals surface area contributed by atoms with Crippen LogP contribution in [0.5, 0.6) is 5.75 Å². The quantitative estimate of drug-likeness (QED) is 0.567. The van der Waals surface area contributed by atoms with E-state index in [1.807, 2.05) is 19.2 Å². The molecule has 1 atom stereocenters. The summed E-state index contributed by atoms with van der Waals surface area (Å²) >= 11 is 6.16. The molecule has 2 N–H and O–H groups in total. The lowest BCUT2D eigenvalue weighted by Gasteiger charge is -2.26. The van der Waals surface area contributed by atoms with Crippen LogP contribution < -0.4 is 15.5 Å². The van der Waals surface area contributed by atoms with Crippen LogP contribution in [0, 0.1) is 5.82 Å². The summed E-state index contributed by atoms with van der Waals surface area (Å²) in [5, 5.41) is 3.70. The van der Waals surface area contributed by atoms with Crippen molar-refractivity contribution in [2.45, 2.75) is 18.4 Å². The monoisotopic (exact) mass is 374 g/mol. The van der Waals surface area contributed by atoms with Crippen molar-refractivity contribution < 1.29 is 14.0 Å². The van der Waals surface area contributed by atoms with Crippen molar-refractivity contribution in [2.75, 3.05) is 20.2 Å². The Morgan fingerprint density at radius 2 is 2.04 bits per heavy atom. The summed E-state index contributed by atoms with van der Waals surface area (Å²) < 4.78 is 19.6. The molecular weight excluding hydrogens is 355 g/mol. The van der Waals surface area contributed by atoms with Gasteiger partial charge in [-0.25, -0.2) is 4.39 Å². The Morgan fingerprint density at radius 1 is 1.23 bits per heavy atom. The number of hydrogen-bond donors (Lipinski definition) is 2. The summed E-state index contributed by atoms with van der Waals surface area (Å²) in [5.74, 6) is 0.436. The fourth-order valence-electron chi connectivity index (χ4n) is 3.35. The molecule has 1 aliphatic heterocycles. The average Bonchev–Trinajstić information content (AvgIpc) is 3.36. The number of benzene rings is 2. The second-order valence-electron chi connectivity index (χ2n) is 6.51. The lowest BCUT2D eigenvalue weighted by Crippen LogP contribution is -2.25. The van der Waals surface area contributed by atoms with Crippen LogP contribution in [0.4, 0.5) is 4.39 Å². The molecule has 0 saturated heterocycles. The Kier molecular flexibility index (Phi) is 4.61. The fraction of sp³-hybridized carbons (Fsp3) is 0.300. The van der Waals surface area contributed by atoms with Crippen LogP contribution in [-0.4, -0.2) is 20.2 Å². The van der Waals surface area contributed by atoms with Gasteiger partial charge >= 0.3 is 0 Å². The Labute approximate surface area is 156 Å². The highest BCUT2D eigenvalue weighted by Crippen LogP contribution is 2.61. The highest BCUT2D eigenvalue weighted by molar-refractivity contribution is 6.30. The standard InChI is InChI=1S/C20H20ClFN2O2/c1-23-9-2-10-25-24-19-16-8-5-14(21)11-18(16)26-20(12-17(19)20)13-3-6-15(22)7-4-13/h3-8,11,23-24H,2,9-10,12H2,1H3. The van der Waals surface area contributed by atoms with Crippen LogP contribution in [0.2, 0.25) is 5.02 Å². The van der Waals surface area contributed by atoms with E-state index >= 15 is 0 Å². The SMILES string of the molecule is CNCCCONC1=C2CC2(c2ccc(F)cc2)Oc2cc(Cl)ccc21. The lowest BCUT2D eigenvalue weighted by atomic mass is 10.0. The molecule has 1 fully saturated rings. The van der Waals surface area contributed by atoms with Crippen LogP contribution >= 0.6 is 11.6 Å². The maximum Gasteiger partial charge on any atom is 0.162 e. The molecular formula is C20H20ClFN2O2. The van der Waals surface area contributed by atoms with Gasteiger partial charge in [0.25, 0.3) is 0 Å². The molecule has 4 nitrogen and oxygen atoms in total. The van der Waals surface area contributed by atoms with E-state index in [0.717, 1.165) is 41.8 Å². The Balaban J connectivity index is 1.65. The third-order valence-corrected chi connectivity index (χ3v) is 4.98. The van der Waals surface area contributed by atoms with Crippen molar-refractivity contribution in [3.05, 3.63) is 70.0 Å². The van der Waals surface area contributed by atoms with Gasteiger partial charge in [-0.15, -0.1) is 0 Å². The molecule has 2 aliphatic rings. The van der Waals surface area contributed by atoms with E-state index in [1.165, 1.54) is 12.1 Å². The maximum absolute atomic E-state index is 13.3. The van der Waals surface area contributed by atoms with Crippen molar-refractivity contribution in [1.82, 2.24) is 10.8 Å². The van der Waals surface area contributed by atoms with E-state index in [1.54, 1.807) is 18.2 Å². The van der Waals surface area contributed by atoms with Crippen LogP contribution in [0.15, 0.2) is 48.0 Å². The normalized spacial score (nSPS) is 20.3. The van der Waals surface area contributed by atoms with Gasteiger partial charge < -0.3 is 10.1 Å². The first-order valence-corrected chi connectivity index (χ1v) is 9.03. The maximum atomic E-state index is 13.3. The topological polar surface area (TPSA) is 42.5 Å². The molecule has 1 unspecified atom stereocenters. The molecule has 0 amide bonds. The second-order valence-corrected chi connectivity index (χ2v) is 6.95. The zero-order chi connectivity index (χ0) is 18.1. The molecule has 0 spiro atoms. The molecule has 6 heteroatoms. The zero-order valence-electron chi connectivity index (χ0n) is 14.4. The molecule has 0 aromatic heterocycles. The van der Waals surface area contributed by atoms with Gasteiger partial charge in [0, 0.05) is 28.1 Å². The van der Waals surface area contributed by atoms with E-state index in [9.17, 15) is 4.39 Å². The molecule has 1 aliphatic carbocycles. The summed E-state index contributed by atoms with van der Waals surface area (Å²) in [5.41, 5.74) is 6.41. The van der Waals surface area contributed by atoms with Crippen molar-refractivity contribution in [3.8, 4) is 5.75 Å². The first-order valence-electron chi connectivity index (χ1n) is 8.65. The molecule has 2 aromatic rings. The molecule has 0 bridgehead atoms. The Morgan fingerprint density at radius 3 is 2.81 bits per heavy atom. The number of rotatable bonds is 7. The van der Waals surface area contributed by atoms with E-state index in [2.05, 4.69) is 10.8 Å². The third-order valence-electron chi connectivity index (χ3n) is 4.75. The molecule has 136 valence electrons. The van der Waals surface area contributed by atoms with Gasteiger partial charge in [-0.1, -0.05) is 23.7 Å². The minimum Gasteiger partial charge on any atom is -0.477 e. The van der Waals surface area contributed by atoms with Crippen LogP contribution in [0.25, 0.3) is 5.70 Å². The first kappa shape index (κ1) is 17.3. The molecule has 4 rings (SSSR count). The van der Waals surface area contributed by atoms with E-state index < -0.39 is 5.60 Å². The predicted molar refractivity (Wildman–Crippen MR) is 99.3 cm³/mol. The zero-order valence-corrected chi connectivity index (χ0v) is 15.2. The van der Waals surface area contributed by atoms with Crippen LogP contribution in [0.3, 0.4) is 0 Å². The second kappa shape index (κ2) is 6.91. The van der Waals surface area contributed by atoms with E-state index in [4.69, 9.17) is 21.2 Å². The number of hydroxylamine groups is 1. The summed E-state index contributed by atoms with van der Waals surface area (Å²) in [6.45, 7) is 1.48. The van der Waals surface area contributed by atoms with Crippen LogP contribution in [0.1, 0.15) is 24.0 Å². The van der Waals surface area contributed by atoms with Crippen molar-refractivity contribution >= 4 is 17.3 Å². The van der Waals surface area contributed by atoms with Crippen molar-refractivity contribution in [1.29, 1.82) is 0 Å². The molecule has 26 heavy (non-hydrogen) atoms. The van der Waals surface area contributed by atoms with Gasteiger partial charge in [-0.2, -0.15) is 0 Å². The van der Waals surface area contributed by atoms with Gasteiger partial charge in [-0.05, 0) is 50.3 Å². The number of nitrogens with one attached hydrogen (secondary N) is 2. The summed E-state index contributed by atoms with van der Waals surface area (Å²) in [7, 11) is 1.91. The van der Waals surface area contributed by atoms with Gasteiger partial charge in [0.1, 0.15) is 11.6 Å². The van der Waals surface area contributed by atoms with E-state index in [0.29, 0.717) is 17.4 Å². The third kappa shape index (κ3) is 3.07. The highest BCUT2D eigenvalue weighted by Gasteiger charge is 2.58. The van der Waals surface area contributed by atoms with Crippen molar-refractivity contribution in [2.24, 2.45) is 0 Å². The average molecular weight is 375 g/mol. The van der Waals surface area contributed by atoms with Gasteiger partial charge in [0.05, 0.1) is 12.3 Å². The van der Waals surface area contributed by atoms with E-state index in [-0.39, 0.29) is 5.82 Å². The minimum absolute atomic E-state index is 0.262. The minimum atomic E-state index is -0.567. The fourth-order valence-corrected chi connectivity index (χ4v) is 3.51. The van der Waals surface area contributed by atoms with Crippen LogP contribution in [-0.2, 0) is 10.4 Å². The number of hydrogen-bond acceptors (Lipinski definition) is 4. The van der Waals surface area contributed by atoms with Gasteiger partial charge in [0.2, 0.25) is 0 Å².